The molecule has 4 rings (SSSR count). The van der Waals surface area contributed by atoms with Gasteiger partial charge in [0.2, 0.25) is 0 Å². The number of alkyl halides is 3. The quantitative estimate of drug-likeness (QED) is 0.277. The van der Waals surface area contributed by atoms with E-state index in [1.165, 1.54) is 5.56 Å². The van der Waals surface area contributed by atoms with Crippen LogP contribution >= 0.6 is 34.8 Å². The Morgan fingerprint density at radius 2 is 1.69 bits per heavy atom. The van der Waals surface area contributed by atoms with Crippen molar-refractivity contribution >= 4 is 46.4 Å². The summed E-state index contributed by atoms with van der Waals surface area (Å²) in [5.74, 6) is -0.723. The Morgan fingerprint density at radius 1 is 1.00 bits per heavy atom. The zero-order valence-electron chi connectivity index (χ0n) is 22.1. The molecule has 1 saturated heterocycles. The molecule has 9 heteroatoms. The van der Waals surface area contributed by atoms with Crippen LogP contribution < -0.4 is 5.32 Å². The molecule has 0 unspecified atom stereocenters. The smallest absolute Gasteiger partial charge is 0.276 e. The van der Waals surface area contributed by atoms with Crippen LogP contribution in [0.15, 0.2) is 78.9 Å². The van der Waals surface area contributed by atoms with Crippen LogP contribution in [0, 0.1) is 5.92 Å². The van der Waals surface area contributed by atoms with Crippen LogP contribution in [-0.4, -0.2) is 39.4 Å². The summed E-state index contributed by atoms with van der Waals surface area (Å²) < 4.78 is 11.0. The number of likely N-dealkylation sites (N-methyl/N-ethyl adjacent to an activating group) is 1. The first-order chi connectivity index (χ1) is 18.6. The number of carbonyl (C=O) groups excluding carboxylic acids is 1. The molecule has 1 fully saturated rings. The van der Waals surface area contributed by atoms with Gasteiger partial charge in [0, 0.05) is 29.8 Å². The molecule has 0 aliphatic carbocycles. The fourth-order valence-electron chi connectivity index (χ4n) is 4.72. The maximum atomic E-state index is 12.2. The Balaban J connectivity index is 1.61. The van der Waals surface area contributed by atoms with Crippen molar-refractivity contribution in [3.63, 3.8) is 0 Å². The molecule has 2 N–H and O–H groups in total. The molecule has 0 bridgehead atoms. The molecular formula is C30H33Cl3N2O4. The zero-order chi connectivity index (χ0) is 28.2. The minimum Gasteiger partial charge on any atom is -0.392 e. The Morgan fingerprint density at radius 3 is 2.33 bits per heavy atom. The third-order valence-electron chi connectivity index (χ3n) is 7.21. The van der Waals surface area contributed by atoms with Crippen LogP contribution in [0.4, 0.5) is 5.69 Å². The van der Waals surface area contributed by atoms with Crippen molar-refractivity contribution in [2.24, 2.45) is 5.92 Å². The number of halogens is 3. The normalized spacial score (nSPS) is 22.5. The van der Waals surface area contributed by atoms with Gasteiger partial charge in [-0.15, -0.1) is 0 Å². The van der Waals surface area contributed by atoms with E-state index in [1.807, 2.05) is 48.5 Å². The van der Waals surface area contributed by atoms with Crippen LogP contribution in [0.25, 0.3) is 0 Å². The second kappa shape index (κ2) is 13.0. The molecule has 3 aromatic rings. The summed E-state index contributed by atoms with van der Waals surface area (Å²) in [6.45, 7) is 4.96. The van der Waals surface area contributed by atoms with Gasteiger partial charge in [0.1, 0.15) is 0 Å². The fraction of sp³-hybridized carbons (Fsp3) is 0.367. The largest absolute Gasteiger partial charge is 0.392 e. The van der Waals surface area contributed by atoms with Gasteiger partial charge < -0.3 is 19.9 Å². The predicted octanol–water partition coefficient (Wildman–Crippen LogP) is 6.97. The van der Waals surface area contributed by atoms with E-state index >= 15 is 0 Å². The van der Waals surface area contributed by atoms with Gasteiger partial charge in [-0.2, -0.15) is 0 Å². The molecule has 0 saturated carbocycles. The van der Waals surface area contributed by atoms with Gasteiger partial charge in [-0.05, 0) is 42.8 Å². The van der Waals surface area contributed by atoms with Crippen molar-refractivity contribution in [1.82, 2.24) is 4.90 Å². The van der Waals surface area contributed by atoms with Crippen LogP contribution in [0.2, 0.25) is 0 Å². The molecule has 208 valence electrons. The Kier molecular flexibility index (Phi) is 9.94. The molecule has 1 aliphatic rings. The lowest BCUT2D eigenvalue weighted by molar-refractivity contribution is -0.276. The van der Waals surface area contributed by atoms with E-state index in [-0.39, 0.29) is 30.8 Å². The number of benzene rings is 3. The number of aliphatic hydroxyl groups excluding tert-OH is 1. The molecular weight excluding hydrogens is 559 g/mol. The van der Waals surface area contributed by atoms with Crippen LogP contribution in [0.3, 0.4) is 0 Å². The Labute approximate surface area is 244 Å². The number of hydrogen-bond donors (Lipinski definition) is 2. The van der Waals surface area contributed by atoms with E-state index in [9.17, 15) is 9.90 Å². The Bertz CT molecular complexity index is 1240. The fourth-order valence-corrected chi connectivity index (χ4v) is 4.86. The van der Waals surface area contributed by atoms with Crippen molar-refractivity contribution in [3.8, 4) is 0 Å². The number of carbonyl (C=O) groups is 1. The number of anilines is 1. The topological polar surface area (TPSA) is 71.0 Å². The van der Waals surface area contributed by atoms with Crippen LogP contribution in [0.1, 0.15) is 54.5 Å². The highest BCUT2D eigenvalue weighted by atomic mass is 35.6. The van der Waals surface area contributed by atoms with E-state index in [2.05, 4.69) is 43.2 Å². The molecule has 5 atom stereocenters. The predicted molar refractivity (Wildman–Crippen MR) is 156 cm³/mol. The number of nitrogens with one attached hydrogen (secondary N) is 1. The van der Waals surface area contributed by atoms with Gasteiger partial charge in [-0.25, -0.2) is 0 Å². The van der Waals surface area contributed by atoms with Crippen LogP contribution in [-0.2, 0) is 20.9 Å². The van der Waals surface area contributed by atoms with Crippen molar-refractivity contribution < 1.29 is 19.4 Å². The van der Waals surface area contributed by atoms with E-state index in [0.717, 1.165) is 16.7 Å². The number of amides is 1. The minimum atomic E-state index is -2.08. The highest BCUT2D eigenvalue weighted by molar-refractivity contribution is 6.76. The first kappa shape index (κ1) is 29.8. The van der Waals surface area contributed by atoms with E-state index < -0.39 is 16.0 Å². The molecule has 0 aromatic heterocycles. The summed E-state index contributed by atoms with van der Waals surface area (Å²) in [6, 6.07) is 25.5. The van der Waals surface area contributed by atoms with Crippen LogP contribution in [0.5, 0.6) is 0 Å². The number of nitrogens with zero attached hydrogens (tertiary/aromatic N) is 1. The van der Waals surface area contributed by atoms with Gasteiger partial charge in [-0.3, -0.25) is 9.69 Å². The number of rotatable bonds is 8. The van der Waals surface area contributed by atoms with Gasteiger partial charge in [0.25, 0.3) is 9.70 Å². The highest BCUT2D eigenvalue weighted by Gasteiger charge is 2.39. The lowest BCUT2D eigenvalue weighted by Gasteiger charge is -2.43. The number of hydrogen-bond acceptors (Lipinski definition) is 5. The monoisotopic (exact) mass is 590 g/mol. The first-order valence-electron chi connectivity index (χ1n) is 12.8. The van der Waals surface area contributed by atoms with Crippen molar-refractivity contribution in [3.05, 3.63) is 101 Å². The molecule has 3 aromatic carbocycles. The van der Waals surface area contributed by atoms with Gasteiger partial charge in [-0.1, -0.05) is 108 Å². The molecule has 0 spiro atoms. The number of ether oxygens (including phenoxy) is 2. The molecule has 1 aliphatic heterocycles. The molecule has 39 heavy (non-hydrogen) atoms. The highest BCUT2D eigenvalue weighted by Crippen LogP contribution is 2.42. The van der Waals surface area contributed by atoms with Crippen molar-refractivity contribution in [1.29, 1.82) is 0 Å². The summed E-state index contributed by atoms with van der Waals surface area (Å²) in [5, 5.41) is 12.1. The average Bonchev–Trinajstić information content (AvgIpc) is 2.94. The standard InChI is InChI=1S/C30H33Cl3N2O4/c1-19-26(17-35(3)20(2)22-8-5-4-6-9-22)38-28(39-27(19)23-14-12-21(18-36)13-15-23)24-10-7-11-25(16-24)34-29(37)30(31,32)33/h4-16,19-20,26-28,36H,17-18H2,1-3H3,(H,34,37)/t19-,20+,26+,27+,28+/m1/s1. The molecule has 6 nitrogen and oxygen atoms in total. The average molecular weight is 592 g/mol. The third kappa shape index (κ3) is 7.53. The molecule has 1 amide bonds. The second-order valence-electron chi connectivity index (χ2n) is 9.93. The van der Waals surface area contributed by atoms with E-state index in [0.29, 0.717) is 12.2 Å². The Hall–Kier alpha value is -2.16. The first-order valence-corrected chi connectivity index (χ1v) is 13.9. The second-order valence-corrected chi connectivity index (χ2v) is 12.2. The van der Waals surface area contributed by atoms with Crippen molar-refractivity contribution in [2.45, 2.75) is 48.8 Å². The SMILES string of the molecule is C[C@@H]1[C@H](CN(C)[C@@H](C)c2ccccc2)O[C@H](c2cccc(NC(=O)C(Cl)(Cl)Cl)c2)O[C@@H]1c1ccc(CO)cc1. The summed E-state index contributed by atoms with van der Waals surface area (Å²) >= 11 is 17.2. The summed E-state index contributed by atoms with van der Waals surface area (Å²) in [6.07, 6.45) is -1.12. The lowest BCUT2D eigenvalue weighted by atomic mass is 9.89. The van der Waals surface area contributed by atoms with Gasteiger partial charge >= 0.3 is 0 Å². The van der Waals surface area contributed by atoms with Gasteiger partial charge in [0.15, 0.2) is 6.29 Å². The molecule has 1 heterocycles. The summed E-state index contributed by atoms with van der Waals surface area (Å²) in [7, 11) is 2.09. The summed E-state index contributed by atoms with van der Waals surface area (Å²) in [5.41, 5.74) is 4.25. The summed E-state index contributed by atoms with van der Waals surface area (Å²) in [4.78, 5) is 14.5. The molecule has 0 radical (unpaired) electrons. The lowest BCUT2D eigenvalue weighted by Crippen LogP contribution is -2.44. The third-order valence-corrected chi connectivity index (χ3v) is 7.72. The van der Waals surface area contributed by atoms with E-state index in [1.54, 1.807) is 18.2 Å². The van der Waals surface area contributed by atoms with E-state index in [4.69, 9.17) is 44.3 Å². The zero-order valence-corrected chi connectivity index (χ0v) is 24.3. The van der Waals surface area contributed by atoms with Crippen molar-refractivity contribution in [2.75, 3.05) is 18.9 Å². The van der Waals surface area contributed by atoms with Gasteiger partial charge in [0.05, 0.1) is 18.8 Å². The number of aliphatic hydroxyl groups is 1. The minimum absolute atomic E-state index is 0.0232. The maximum absolute atomic E-state index is 12.2. The maximum Gasteiger partial charge on any atom is 0.276 e.